The molecular formula is C15H19Cl2N3OS. The van der Waals surface area contributed by atoms with Crippen molar-refractivity contribution in [3.63, 3.8) is 0 Å². The Balaban J connectivity index is 0.00000242. The van der Waals surface area contributed by atoms with Crippen molar-refractivity contribution in [1.29, 1.82) is 0 Å². The molecule has 0 saturated carbocycles. The van der Waals surface area contributed by atoms with E-state index in [1.807, 2.05) is 38.2 Å². The Bertz CT molecular complexity index is 631. The highest BCUT2D eigenvalue weighted by Crippen LogP contribution is 2.26. The van der Waals surface area contributed by atoms with Gasteiger partial charge in [0.2, 0.25) is 5.91 Å². The summed E-state index contributed by atoms with van der Waals surface area (Å²) in [4.78, 5) is 17.2. The summed E-state index contributed by atoms with van der Waals surface area (Å²) < 4.78 is 0. The lowest BCUT2D eigenvalue weighted by Gasteiger charge is -2.01. The summed E-state index contributed by atoms with van der Waals surface area (Å²) in [6.07, 6.45) is 1.22. The maximum atomic E-state index is 11.7. The van der Waals surface area contributed by atoms with Gasteiger partial charge < -0.3 is 10.6 Å². The predicted molar refractivity (Wildman–Crippen MR) is 95.5 cm³/mol. The summed E-state index contributed by atoms with van der Waals surface area (Å²) in [7, 11) is 1.82. The molecule has 0 spiro atoms. The number of carbonyl (C=O) groups excluding carboxylic acids is 1. The Morgan fingerprint density at radius 2 is 2.18 bits per heavy atom. The van der Waals surface area contributed by atoms with Crippen molar-refractivity contribution in [2.24, 2.45) is 0 Å². The molecule has 0 aliphatic rings. The topological polar surface area (TPSA) is 54.0 Å². The summed E-state index contributed by atoms with van der Waals surface area (Å²) >= 11 is 7.51. The number of aryl methyl sites for hydroxylation is 1. The number of nitrogens with zero attached hydrogens (tertiary/aromatic N) is 1. The van der Waals surface area contributed by atoms with Gasteiger partial charge in [0.1, 0.15) is 0 Å². The largest absolute Gasteiger partial charge is 0.319 e. The molecule has 2 N–H and O–H groups in total. The quantitative estimate of drug-likeness (QED) is 0.827. The van der Waals surface area contributed by atoms with E-state index in [-0.39, 0.29) is 18.3 Å². The van der Waals surface area contributed by atoms with Gasteiger partial charge in [-0.1, -0.05) is 23.7 Å². The third-order valence-electron chi connectivity index (χ3n) is 2.99. The number of halogens is 2. The summed E-state index contributed by atoms with van der Waals surface area (Å²) in [6.45, 7) is 2.62. The minimum atomic E-state index is -0.0209. The number of hydrogen-bond acceptors (Lipinski definition) is 4. The van der Waals surface area contributed by atoms with E-state index in [9.17, 15) is 4.79 Å². The van der Waals surface area contributed by atoms with Gasteiger partial charge in [-0.25, -0.2) is 4.98 Å². The first-order valence-electron chi connectivity index (χ1n) is 6.73. The van der Waals surface area contributed by atoms with Gasteiger partial charge in [-0.05, 0) is 31.7 Å². The van der Waals surface area contributed by atoms with Gasteiger partial charge in [0.15, 0.2) is 5.13 Å². The molecule has 120 valence electrons. The molecule has 2 rings (SSSR count). The van der Waals surface area contributed by atoms with Crippen molar-refractivity contribution in [2.45, 2.75) is 19.8 Å². The van der Waals surface area contributed by atoms with Crippen LogP contribution in [0.2, 0.25) is 5.02 Å². The fraction of sp³-hybridized carbons (Fsp3) is 0.333. The van der Waals surface area contributed by atoms with Crippen LogP contribution < -0.4 is 10.6 Å². The summed E-state index contributed by atoms with van der Waals surface area (Å²) in [5, 5.41) is 7.18. The highest BCUT2D eigenvalue weighted by molar-refractivity contribution is 7.15. The molecule has 0 radical (unpaired) electrons. The van der Waals surface area contributed by atoms with E-state index in [0.29, 0.717) is 18.1 Å². The van der Waals surface area contributed by atoms with Gasteiger partial charge in [0, 0.05) is 29.3 Å². The standard InChI is InChI=1S/C15H18ClN3OS.ClH/c1-10-13(9-11-4-3-5-12(16)8-11)21-15(18-10)19-14(20)6-7-17-2;/h3-5,8,17H,6-7,9H2,1-2H3,(H,18,19,20);1H. The Labute approximate surface area is 145 Å². The van der Waals surface area contributed by atoms with Crippen molar-refractivity contribution in [1.82, 2.24) is 10.3 Å². The first-order chi connectivity index (χ1) is 10.1. The molecule has 0 atom stereocenters. The van der Waals surface area contributed by atoms with Crippen molar-refractivity contribution in [2.75, 3.05) is 18.9 Å². The van der Waals surface area contributed by atoms with Crippen LogP contribution in [0.15, 0.2) is 24.3 Å². The molecule has 0 bridgehead atoms. The zero-order chi connectivity index (χ0) is 15.2. The second kappa shape index (κ2) is 9.10. The van der Waals surface area contributed by atoms with Crippen LogP contribution in [-0.4, -0.2) is 24.5 Å². The molecule has 2 aromatic rings. The summed E-state index contributed by atoms with van der Waals surface area (Å²) in [5.74, 6) is -0.0209. The fourth-order valence-electron chi connectivity index (χ4n) is 1.90. The summed E-state index contributed by atoms with van der Waals surface area (Å²) in [5.41, 5.74) is 2.09. The van der Waals surface area contributed by atoms with E-state index in [0.717, 1.165) is 27.6 Å². The van der Waals surface area contributed by atoms with Gasteiger partial charge in [0.25, 0.3) is 0 Å². The SMILES string of the molecule is CNCCC(=O)Nc1nc(C)c(Cc2cccc(Cl)c2)s1.Cl. The number of carbonyl (C=O) groups is 1. The fourth-order valence-corrected chi connectivity index (χ4v) is 3.12. The molecule has 1 aromatic heterocycles. The molecular weight excluding hydrogens is 341 g/mol. The van der Waals surface area contributed by atoms with Crippen LogP contribution in [-0.2, 0) is 11.2 Å². The monoisotopic (exact) mass is 359 g/mol. The molecule has 1 amide bonds. The number of anilines is 1. The number of thiazole rings is 1. The van der Waals surface area contributed by atoms with Crippen molar-refractivity contribution in [3.8, 4) is 0 Å². The van der Waals surface area contributed by atoms with Crippen LogP contribution in [0.4, 0.5) is 5.13 Å². The van der Waals surface area contributed by atoms with Gasteiger partial charge >= 0.3 is 0 Å². The molecule has 7 heteroatoms. The first-order valence-corrected chi connectivity index (χ1v) is 7.93. The molecule has 0 fully saturated rings. The predicted octanol–water partition coefficient (Wildman–Crippen LogP) is 3.67. The average Bonchev–Trinajstić information content (AvgIpc) is 2.76. The van der Waals surface area contributed by atoms with E-state index in [4.69, 9.17) is 11.6 Å². The average molecular weight is 360 g/mol. The molecule has 0 unspecified atom stereocenters. The Morgan fingerprint density at radius 1 is 1.41 bits per heavy atom. The van der Waals surface area contributed by atoms with Crippen LogP contribution in [0.1, 0.15) is 22.6 Å². The third-order valence-corrected chi connectivity index (χ3v) is 4.30. The zero-order valence-corrected chi connectivity index (χ0v) is 14.9. The Kier molecular flexibility index (Phi) is 7.82. The van der Waals surface area contributed by atoms with E-state index in [1.54, 1.807) is 0 Å². The van der Waals surface area contributed by atoms with E-state index < -0.39 is 0 Å². The van der Waals surface area contributed by atoms with Crippen molar-refractivity contribution >= 4 is 46.4 Å². The first kappa shape index (κ1) is 18.9. The molecule has 22 heavy (non-hydrogen) atoms. The van der Waals surface area contributed by atoms with E-state index >= 15 is 0 Å². The number of aromatic nitrogens is 1. The van der Waals surface area contributed by atoms with Crippen LogP contribution >= 0.6 is 35.3 Å². The number of nitrogens with one attached hydrogen (secondary N) is 2. The van der Waals surface area contributed by atoms with Crippen LogP contribution in [0.5, 0.6) is 0 Å². The lowest BCUT2D eigenvalue weighted by atomic mass is 10.1. The van der Waals surface area contributed by atoms with Crippen molar-refractivity contribution in [3.05, 3.63) is 45.4 Å². The molecule has 0 saturated heterocycles. The van der Waals surface area contributed by atoms with Gasteiger partial charge in [-0.2, -0.15) is 0 Å². The minimum absolute atomic E-state index is 0. The molecule has 0 aliphatic carbocycles. The van der Waals surface area contributed by atoms with E-state index in [1.165, 1.54) is 11.3 Å². The highest BCUT2D eigenvalue weighted by atomic mass is 35.5. The van der Waals surface area contributed by atoms with Crippen LogP contribution in [0, 0.1) is 6.92 Å². The smallest absolute Gasteiger partial charge is 0.227 e. The third kappa shape index (κ3) is 5.57. The second-order valence-electron chi connectivity index (χ2n) is 4.74. The van der Waals surface area contributed by atoms with Gasteiger partial charge in [-0.3, -0.25) is 4.79 Å². The lowest BCUT2D eigenvalue weighted by molar-refractivity contribution is -0.116. The number of hydrogen-bond donors (Lipinski definition) is 2. The molecule has 1 heterocycles. The summed E-state index contributed by atoms with van der Waals surface area (Å²) in [6, 6.07) is 7.79. The zero-order valence-electron chi connectivity index (χ0n) is 12.5. The number of benzene rings is 1. The Hall–Kier alpha value is -1.14. The maximum absolute atomic E-state index is 11.7. The van der Waals surface area contributed by atoms with Crippen LogP contribution in [0.25, 0.3) is 0 Å². The molecule has 0 aliphatic heterocycles. The van der Waals surface area contributed by atoms with E-state index in [2.05, 4.69) is 15.6 Å². The minimum Gasteiger partial charge on any atom is -0.319 e. The van der Waals surface area contributed by atoms with Gasteiger partial charge in [0.05, 0.1) is 5.69 Å². The maximum Gasteiger partial charge on any atom is 0.227 e. The number of rotatable bonds is 6. The van der Waals surface area contributed by atoms with Crippen LogP contribution in [0.3, 0.4) is 0 Å². The Morgan fingerprint density at radius 3 is 2.86 bits per heavy atom. The normalized spacial score (nSPS) is 10.1. The van der Waals surface area contributed by atoms with Crippen molar-refractivity contribution < 1.29 is 4.79 Å². The van der Waals surface area contributed by atoms with Gasteiger partial charge in [-0.15, -0.1) is 23.7 Å². The molecule has 4 nitrogen and oxygen atoms in total. The lowest BCUT2D eigenvalue weighted by Crippen LogP contribution is -2.18. The number of amides is 1. The molecule has 1 aromatic carbocycles. The second-order valence-corrected chi connectivity index (χ2v) is 6.26. The highest BCUT2D eigenvalue weighted by Gasteiger charge is 2.11.